The van der Waals surface area contributed by atoms with Gasteiger partial charge in [0.1, 0.15) is 12.6 Å². The largest absolute Gasteiger partial charge is 0.464 e. The van der Waals surface area contributed by atoms with Crippen molar-refractivity contribution in [2.24, 2.45) is 5.92 Å². The minimum atomic E-state index is -0.616. The Labute approximate surface area is 153 Å². The Hall–Kier alpha value is -1.30. The summed E-state index contributed by atoms with van der Waals surface area (Å²) in [4.78, 5) is 25.8. The topological polar surface area (TPSA) is 65.1 Å². The Balaban J connectivity index is 4.33. The van der Waals surface area contributed by atoms with Gasteiger partial charge in [-0.25, -0.2) is 9.59 Å². The highest BCUT2D eigenvalue weighted by atomic mass is 16.6. The number of esters is 1. The monoisotopic (exact) mass is 359 g/mol. The zero-order valence-electron chi connectivity index (χ0n) is 16.7. The van der Waals surface area contributed by atoms with Crippen LogP contribution in [0.4, 0.5) is 4.79 Å². The van der Waals surface area contributed by atoms with E-state index < -0.39 is 12.1 Å². The van der Waals surface area contributed by atoms with Crippen molar-refractivity contribution in [3.05, 3.63) is 0 Å². The molecule has 1 amide bonds. The lowest BCUT2D eigenvalue weighted by atomic mass is 10.0. The number of carbonyl (C=O) groups excluding carboxylic acids is 2. The van der Waals surface area contributed by atoms with Crippen molar-refractivity contribution in [1.82, 2.24) is 4.90 Å². The van der Waals surface area contributed by atoms with Gasteiger partial charge in [-0.05, 0) is 18.8 Å². The van der Waals surface area contributed by atoms with Crippen molar-refractivity contribution in [3.63, 3.8) is 0 Å². The number of hydrogen-bond acceptors (Lipinski definition) is 5. The van der Waals surface area contributed by atoms with Gasteiger partial charge in [-0.3, -0.25) is 4.90 Å². The summed E-state index contributed by atoms with van der Waals surface area (Å²) < 4.78 is 15.3. The lowest BCUT2D eigenvalue weighted by Gasteiger charge is -2.27. The summed E-state index contributed by atoms with van der Waals surface area (Å²) in [5, 5.41) is 0. The van der Waals surface area contributed by atoms with Crippen LogP contribution in [0.15, 0.2) is 0 Å². The number of rotatable bonds is 14. The minimum absolute atomic E-state index is 0.168. The maximum atomic E-state index is 12.4. The fourth-order valence-corrected chi connectivity index (χ4v) is 2.45. The maximum Gasteiger partial charge on any atom is 0.410 e. The summed E-state index contributed by atoms with van der Waals surface area (Å²) in [7, 11) is 3.12. The van der Waals surface area contributed by atoms with Crippen LogP contribution in [0.25, 0.3) is 0 Å². The molecule has 0 radical (unpaired) electrons. The molecule has 0 aliphatic heterocycles. The first-order valence-corrected chi connectivity index (χ1v) is 9.49. The first-order valence-electron chi connectivity index (χ1n) is 9.49. The van der Waals surface area contributed by atoms with Gasteiger partial charge >= 0.3 is 12.1 Å². The number of ether oxygens (including phenoxy) is 3. The molecule has 0 fully saturated rings. The molecule has 0 aromatic heterocycles. The van der Waals surface area contributed by atoms with Crippen LogP contribution in [0.1, 0.15) is 65.7 Å². The summed E-state index contributed by atoms with van der Waals surface area (Å²) in [6, 6.07) is -0.616. The minimum Gasteiger partial charge on any atom is -0.464 e. The van der Waals surface area contributed by atoms with Crippen molar-refractivity contribution in [3.8, 4) is 0 Å². The van der Waals surface area contributed by atoms with Crippen molar-refractivity contribution >= 4 is 12.1 Å². The quantitative estimate of drug-likeness (QED) is 0.346. The lowest BCUT2D eigenvalue weighted by molar-refractivity contribution is -0.149. The van der Waals surface area contributed by atoms with Crippen molar-refractivity contribution in [1.29, 1.82) is 0 Å². The van der Waals surface area contributed by atoms with E-state index in [0.29, 0.717) is 19.6 Å². The summed E-state index contributed by atoms with van der Waals surface area (Å²) in [6.45, 7) is 7.12. The van der Waals surface area contributed by atoms with Crippen LogP contribution in [-0.4, -0.2) is 57.0 Å². The molecule has 0 spiro atoms. The molecule has 25 heavy (non-hydrogen) atoms. The SMILES string of the molecule is CCCCCCCCOC(=O)C(CC(C)C)N(C)C(=O)OCCOC. The standard InChI is InChI=1S/C19H37NO5/c1-6-7-8-9-10-11-12-24-18(21)17(15-16(2)3)20(4)19(22)25-14-13-23-5/h16-17H,6-15H2,1-5H3. The van der Waals surface area contributed by atoms with Gasteiger partial charge in [0.25, 0.3) is 0 Å². The molecular weight excluding hydrogens is 322 g/mol. The summed E-state index contributed by atoms with van der Waals surface area (Å²) in [5.41, 5.74) is 0. The zero-order valence-corrected chi connectivity index (χ0v) is 16.7. The average molecular weight is 360 g/mol. The molecule has 6 nitrogen and oxygen atoms in total. The van der Waals surface area contributed by atoms with Crippen LogP contribution in [-0.2, 0) is 19.0 Å². The molecule has 0 aliphatic carbocycles. The highest BCUT2D eigenvalue weighted by Gasteiger charge is 2.29. The number of methoxy groups -OCH3 is 1. The van der Waals surface area contributed by atoms with E-state index in [1.165, 1.54) is 30.6 Å². The fraction of sp³-hybridized carbons (Fsp3) is 0.895. The van der Waals surface area contributed by atoms with E-state index in [1.54, 1.807) is 14.2 Å². The van der Waals surface area contributed by atoms with E-state index in [-0.39, 0.29) is 18.5 Å². The maximum absolute atomic E-state index is 12.4. The first-order chi connectivity index (χ1) is 11.9. The molecule has 1 atom stereocenters. The van der Waals surface area contributed by atoms with Gasteiger partial charge < -0.3 is 14.2 Å². The van der Waals surface area contributed by atoms with E-state index in [4.69, 9.17) is 14.2 Å². The number of nitrogens with zero attached hydrogens (tertiary/aromatic N) is 1. The zero-order chi connectivity index (χ0) is 19.1. The fourth-order valence-electron chi connectivity index (χ4n) is 2.45. The van der Waals surface area contributed by atoms with Gasteiger partial charge in [-0.15, -0.1) is 0 Å². The Kier molecular flexibility index (Phi) is 14.2. The number of unbranched alkanes of at least 4 members (excludes halogenated alkanes) is 5. The molecular formula is C19H37NO5. The highest BCUT2D eigenvalue weighted by Crippen LogP contribution is 2.14. The van der Waals surface area contributed by atoms with Crippen molar-refractivity contribution in [2.45, 2.75) is 71.8 Å². The average Bonchev–Trinajstić information content (AvgIpc) is 2.58. The Morgan fingerprint density at radius 3 is 2.16 bits per heavy atom. The molecule has 0 rings (SSSR count). The highest BCUT2D eigenvalue weighted by molar-refractivity contribution is 5.81. The second kappa shape index (κ2) is 15.0. The molecule has 1 unspecified atom stereocenters. The molecule has 0 saturated carbocycles. The van der Waals surface area contributed by atoms with Gasteiger partial charge in [-0.1, -0.05) is 52.9 Å². The van der Waals surface area contributed by atoms with Crippen LogP contribution >= 0.6 is 0 Å². The van der Waals surface area contributed by atoms with Crippen molar-refractivity contribution < 1.29 is 23.8 Å². The number of carbonyl (C=O) groups is 2. The molecule has 0 aromatic carbocycles. The van der Waals surface area contributed by atoms with Gasteiger partial charge in [0.2, 0.25) is 0 Å². The molecule has 0 N–H and O–H groups in total. The van der Waals surface area contributed by atoms with Crippen LogP contribution in [0, 0.1) is 5.92 Å². The van der Waals surface area contributed by atoms with E-state index in [9.17, 15) is 9.59 Å². The van der Waals surface area contributed by atoms with E-state index in [2.05, 4.69) is 6.92 Å². The summed E-state index contributed by atoms with van der Waals surface area (Å²) in [5.74, 6) is -0.0886. The summed E-state index contributed by atoms with van der Waals surface area (Å²) in [6.07, 6.45) is 6.83. The molecule has 6 heteroatoms. The second-order valence-corrected chi connectivity index (χ2v) is 6.80. The third kappa shape index (κ3) is 11.8. The van der Waals surface area contributed by atoms with Crippen LogP contribution < -0.4 is 0 Å². The van der Waals surface area contributed by atoms with Gasteiger partial charge in [0, 0.05) is 14.2 Å². The Morgan fingerprint density at radius 1 is 0.920 bits per heavy atom. The molecule has 0 aliphatic rings. The van der Waals surface area contributed by atoms with Gasteiger partial charge in [-0.2, -0.15) is 0 Å². The molecule has 0 saturated heterocycles. The smallest absolute Gasteiger partial charge is 0.410 e. The molecule has 0 bridgehead atoms. The molecule has 148 valence electrons. The first kappa shape index (κ1) is 23.7. The van der Waals surface area contributed by atoms with E-state index in [0.717, 1.165) is 12.8 Å². The predicted octanol–water partition coefficient (Wildman–Crippen LogP) is 4.02. The third-order valence-electron chi connectivity index (χ3n) is 3.98. The third-order valence-corrected chi connectivity index (χ3v) is 3.98. The number of amides is 1. The summed E-state index contributed by atoms with van der Waals surface area (Å²) >= 11 is 0. The number of likely N-dealkylation sites (N-methyl/N-ethyl adjacent to an activating group) is 1. The van der Waals surface area contributed by atoms with Crippen LogP contribution in [0.3, 0.4) is 0 Å². The van der Waals surface area contributed by atoms with Gasteiger partial charge in [0.15, 0.2) is 0 Å². The lowest BCUT2D eigenvalue weighted by Crippen LogP contribution is -2.44. The molecule has 0 aromatic rings. The van der Waals surface area contributed by atoms with Crippen molar-refractivity contribution in [2.75, 3.05) is 34.0 Å². The van der Waals surface area contributed by atoms with E-state index in [1.807, 2.05) is 13.8 Å². The number of hydrogen-bond donors (Lipinski definition) is 0. The predicted molar refractivity (Wildman–Crippen MR) is 98.6 cm³/mol. The second-order valence-electron chi connectivity index (χ2n) is 6.80. The van der Waals surface area contributed by atoms with Gasteiger partial charge in [0.05, 0.1) is 13.2 Å². The Morgan fingerprint density at radius 2 is 1.56 bits per heavy atom. The van der Waals surface area contributed by atoms with Crippen LogP contribution in [0.2, 0.25) is 0 Å². The molecule has 0 heterocycles. The van der Waals surface area contributed by atoms with E-state index >= 15 is 0 Å². The normalized spacial score (nSPS) is 12.1. The Bertz CT molecular complexity index is 360. The van der Waals surface area contributed by atoms with Crippen LogP contribution in [0.5, 0.6) is 0 Å².